The topological polar surface area (TPSA) is 60.9 Å². The van der Waals surface area contributed by atoms with E-state index in [1.807, 2.05) is 26.8 Å². The van der Waals surface area contributed by atoms with Crippen LogP contribution in [0.1, 0.15) is 36.1 Å². The first kappa shape index (κ1) is 13.1. The normalized spacial score (nSPS) is 11.6. The number of oxazole rings is 1. The van der Waals surface area contributed by atoms with Gasteiger partial charge in [0.15, 0.2) is 6.39 Å². The number of rotatable bonds is 3. The molecule has 0 aromatic carbocycles. The fourth-order valence-electron chi connectivity index (χ4n) is 2.22. The summed E-state index contributed by atoms with van der Waals surface area (Å²) in [7, 11) is 0. The molecule has 3 heterocycles. The van der Waals surface area contributed by atoms with Gasteiger partial charge in [-0.15, -0.1) is 11.3 Å². The maximum Gasteiger partial charge on any atom is 0.262 e. The van der Waals surface area contributed by atoms with Gasteiger partial charge in [-0.1, -0.05) is 13.8 Å². The molecule has 0 N–H and O–H groups in total. The van der Waals surface area contributed by atoms with Crippen LogP contribution < -0.4 is 5.56 Å². The minimum Gasteiger partial charge on any atom is -0.448 e. The van der Waals surface area contributed by atoms with Gasteiger partial charge in [0.1, 0.15) is 16.3 Å². The molecular weight excluding hydrogens is 274 g/mol. The Morgan fingerprint density at radius 2 is 2.20 bits per heavy atom. The van der Waals surface area contributed by atoms with E-state index in [4.69, 9.17) is 4.42 Å². The number of aromatic nitrogens is 3. The number of hydrogen-bond donors (Lipinski definition) is 0. The number of thiophene rings is 1. The highest BCUT2D eigenvalue weighted by Gasteiger charge is 2.14. The summed E-state index contributed by atoms with van der Waals surface area (Å²) in [6.07, 6.45) is 3.01. The zero-order chi connectivity index (χ0) is 14.3. The van der Waals surface area contributed by atoms with Crippen LogP contribution >= 0.6 is 11.3 Å². The third-order valence-electron chi connectivity index (χ3n) is 3.16. The predicted octanol–water partition coefficient (Wildman–Crippen LogP) is 2.93. The first-order chi connectivity index (χ1) is 9.56. The zero-order valence-corrected chi connectivity index (χ0v) is 12.4. The maximum atomic E-state index is 12.4. The van der Waals surface area contributed by atoms with Gasteiger partial charge >= 0.3 is 0 Å². The molecule has 3 aromatic heterocycles. The molecule has 5 nitrogen and oxygen atoms in total. The molecular formula is C14H15N3O2S. The molecule has 0 radical (unpaired) electrons. The van der Waals surface area contributed by atoms with Gasteiger partial charge in [-0.2, -0.15) is 0 Å². The molecule has 3 aromatic rings. The molecule has 0 aliphatic carbocycles. The molecule has 0 saturated heterocycles. The number of fused-ring (bicyclic) bond motifs is 1. The second kappa shape index (κ2) is 4.86. The molecule has 0 saturated carbocycles. The van der Waals surface area contributed by atoms with Gasteiger partial charge in [0, 0.05) is 10.8 Å². The number of nitrogens with zero attached hydrogens (tertiary/aromatic N) is 3. The van der Waals surface area contributed by atoms with Crippen molar-refractivity contribution in [3.05, 3.63) is 45.5 Å². The van der Waals surface area contributed by atoms with E-state index in [1.54, 1.807) is 10.9 Å². The number of aryl methyl sites for hydroxylation is 1. The van der Waals surface area contributed by atoms with Crippen molar-refractivity contribution in [3.8, 4) is 0 Å². The molecule has 104 valence electrons. The quantitative estimate of drug-likeness (QED) is 0.743. The molecule has 0 fully saturated rings. The van der Waals surface area contributed by atoms with Gasteiger partial charge in [0.2, 0.25) is 0 Å². The molecule has 0 aliphatic rings. The third-order valence-corrected chi connectivity index (χ3v) is 4.12. The van der Waals surface area contributed by atoms with E-state index < -0.39 is 0 Å². The minimum absolute atomic E-state index is 0.0305. The lowest BCUT2D eigenvalue weighted by molar-refractivity contribution is 0.477. The van der Waals surface area contributed by atoms with E-state index >= 15 is 0 Å². The highest BCUT2D eigenvalue weighted by molar-refractivity contribution is 7.18. The standard InChI is InChI=1S/C14H15N3O2S/c1-8(2)12-11(16-7-19-12)5-17-6-15-13-10(14(17)18)4-9(3)20-13/h4,6-8H,5H2,1-3H3. The molecule has 6 heteroatoms. The van der Waals surface area contributed by atoms with Gasteiger partial charge in [-0.3, -0.25) is 9.36 Å². The summed E-state index contributed by atoms with van der Waals surface area (Å²) in [5, 5.41) is 0.671. The van der Waals surface area contributed by atoms with Crippen LogP contribution in [-0.4, -0.2) is 14.5 Å². The van der Waals surface area contributed by atoms with Gasteiger partial charge < -0.3 is 4.42 Å². The maximum absolute atomic E-state index is 12.4. The summed E-state index contributed by atoms with van der Waals surface area (Å²) in [5.41, 5.74) is 0.757. The van der Waals surface area contributed by atoms with Crippen LogP contribution in [0.3, 0.4) is 0 Å². The van der Waals surface area contributed by atoms with E-state index in [0.29, 0.717) is 11.9 Å². The van der Waals surface area contributed by atoms with Crippen molar-refractivity contribution in [1.29, 1.82) is 0 Å². The lowest BCUT2D eigenvalue weighted by Gasteiger charge is -2.06. The molecule has 0 bridgehead atoms. The molecule has 0 spiro atoms. The predicted molar refractivity (Wildman–Crippen MR) is 78.3 cm³/mol. The van der Waals surface area contributed by atoms with Gasteiger partial charge in [-0.25, -0.2) is 9.97 Å². The van der Waals surface area contributed by atoms with Crippen LogP contribution in [0.2, 0.25) is 0 Å². The van der Waals surface area contributed by atoms with Crippen LogP contribution in [0.25, 0.3) is 10.2 Å². The summed E-state index contributed by atoms with van der Waals surface area (Å²) < 4.78 is 6.97. The van der Waals surface area contributed by atoms with E-state index in [2.05, 4.69) is 9.97 Å². The smallest absolute Gasteiger partial charge is 0.262 e. The highest BCUT2D eigenvalue weighted by Crippen LogP contribution is 2.21. The van der Waals surface area contributed by atoms with Gasteiger partial charge in [0.25, 0.3) is 5.56 Å². The average Bonchev–Trinajstić information content (AvgIpc) is 2.99. The average molecular weight is 289 g/mol. The first-order valence-electron chi connectivity index (χ1n) is 6.44. The van der Waals surface area contributed by atoms with Crippen molar-refractivity contribution in [2.75, 3.05) is 0 Å². The van der Waals surface area contributed by atoms with Crippen molar-refractivity contribution < 1.29 is 4.42 Å². The fraction of sp³-hybridized carbons (Fsp3) is 0.357. The SMILES string of the molecule is Cc1cc2c(=O)n(Cc3ncoc3C(C)C)cnc2s1. The molecule has 20 heavy (non-hydrogen) atoms. The number of hydrogen-bond acceptors (Lipinski definition) is 5. The van der Waals surface area contributed by atoms with E-state index in [1.165, 1.54) is 17.7 Å². The molecule has 0 unspecified atom stereocenters. The van der Waals surface area contributed by atoms with Crippen LogP contribution in [0.4, 0.5) is 0 Å². The largest absolute Gasteiger partial charge is 0.448 e. The molecule has 0 atom stereocenters. The van der Waals surface area contributed by atoms with Crippen LogP contribution in [-0.2, 0) is 6.54 Å². The van der Waals surface area contributed by atoms with Gasteiger partial charge in [0.05, 0.1) is 18.3 Å². The Bertz CT molecular complexity index is 813. The molecule has 3 rings (SSSR count). The second-order valence-corrected chi connectivity index (χ2v) is 6.31. The van der Waals surface area contributed by atoms with E-state index in [-0.39, 0.29) is 11.5 Å². The summed E-state index contributed by atoms with van der Waals surface area (Å²) in [5.74, 6) is 1.06. The minimum atomic E-state index is -0.0305. The first-order valence-corrected chi connectivity index (χ1v) is 7.25. The van der Waals surface area contributed by atoms with Crippen molar-refractivity contribution in [1.82, 2.24) is 14.5 Å². The Kier molecular flexibility index (Phi) is 3.17. The lowest BCUT2D eigenvalue weighted by atomic mass is 10.1. The second-order valence-electron chi connectivity index (χ2n) is 5.07. The summed E-state index contributed by atoms with van der Waals surface area (Å²) in [6.45, 7) is 6.44. The van der Waals surface area contributed by atoms with Crippen molar-refractivity contribution in [3.63, 3.8) is 0 Å². The Morgan fingerprint density at radius 3 is 2.95 bits per heavy atom. The fourth-order valence-corrected chi connectivity index (χ4v) is 3.06. The van der Waals surface area contributed by atoms with Crippen LogP contribution in [0.5, 0.6) is 0 Å². The molecule has 0 amide bonds. The van der Waals surface area contributed by atoms with E-state index in [0.717, 1.165) is 21.2 Å². The van der Waals surface area contributed by atoms with Crippen molar-refractivity contribution >= 4 is 21.6 Å². The van der Waals surface area contributed by atoms with Crippen molar-refractivity contribution in [2.24, 2.45) is 0 Å². The third kappa shape index (κ3) is 2.16. The lowest BCUT2D eigenvalue weighted by Crippen LogP contribution is -2.21. The Balaban J connectivity index is 2.05. The Labute approximate surface area is 119 Å². The zero-order valence-electron chi connectivity index (χ0n) is 11.6. The molecule has 0 aliphatic heterocycles. The summed E-state index contributed by atoms with van der Waals surface area (Å²) in [6, 6.07) is 1.89. The van der Waals surface area contributed by atoms with Crippen molar-refractivity contribution in [2.45, 2.75) is 33.2 Å². The Morgan fingerprint density at radius 1 is 1.40 bits per heavy atom. The Hall–Kier alpha value is -1.95. The summed E-state index contributed by atoms with van der Waals surface area (Å²) in [4.78, 5) is 22.8. The highest BCUT2D eigenvalue weighted by atomic mass is 32.1. The summed E-state index contributed by atoms with van der Waals surface area (Å²) >= 11 is 1.53. The monoisotopic (exact) mass is 289 g/mol. The van der Waals surface area contributed by atoms with Crippen LogP contribution in [0, 0.1) is 6.92 Å². The van der Waals surface area contributed by atoms with E-state index in [9.17, 15) is 4.79 Å². The van der Waals surface area contributed by atoms with Crippen LogP contribution in [0.15, 0.2) is 28.0 Å². The van der Waals surface area contributed by atoms with Gasteiger partial charge in [-0.05, 0) is 13.0 Å².